The third kappa shape index (κ3) is 5.88. The molecule has 0 aromatic carbocycles. The zero-order valence-corrected chi connectivity index (χ0v) is 17.8. The fourth-order valence-corrected chi connectivity index (χ4v) is 4.35. The third-order valence-electron chi connectivity index (χ3n) is 4.00. The van der Waals surface area contributed by atoms with Crippen molar-refractivity contribution in [2.75, 3.05) is 13.3 Å². The van der Waals surface area contributed by atoms with Gasteiger partial charge in [0.15, 0.2) is 5.96 Å². The van der Waals surface area contributed by atoms with Crippen LogP contribution in [0.4, 0.5) is 0 Å². The van der Waals surface area contributed by atoms with Crippen LogP contribution in [0, 0.1) is 13.8 Å². The number of rotatable bonds is 4. The molecular formula is C15H27IN4S2. The number of halogens is 1. The van der Waals surface area contributed by atoms with Gasteiger partial charge in [-0.2, -0.15) is 11.8 Å². The summed E-state index contributed by atoms with van der Waals surface area (Å²) < 4.78 is 0. The second-order valence-electron chi connectivity index (χ2n) is 5.54. The van der Waals surface area contributed by atoms with Crippen LogP contribution < -0.4 is 10.6 Å². The lowest BCUT2D eigenvalue weighted by Gasteiger charge is -2.29. The second-order valence-corrected chi connectivity index (χ2v) is 7.97. The standard InChI is InChI=1S/C15H26N4S2.HI/c1-10-11(2)21-14(18-10)9-17-15(16-3)19-12-6-5-7-13(8-12)20-4;/h12-13H,5-9H2,1-4H3,(H2,16,17,19);1H. The van der Waals surface area contributed by atoms with Crippen molar-refractivity contribution in [3.05, 3.63) is 15.6 Å². The Morgan fingerprint density at radius 3 is 2.77 bits per heavy atom. The summed E-state index contributed by atoms with van der Waals surface area (Å²) in [6.45, 7) is 4.93. The molecule has 2 atom stereocenters. The zero-order chi connectivity index (χ0) is 15.2. The Morgan fingerprint density at radius 1 is 1.41 bits per heavy atom. The maximum absolute atomic E-state index is 4.56. The lowest BCUT2D eigenvalue weighted by Crippen LogP contribution is -2.45. The number of nitrogens with one attached hydrogen (secondary N) is 2. The highest BCUT2D eigenvalue weighted by Gasteiger charge is 2.21. The smallest absolute Gasteiger partial charge is 0.191 e. The predicted octanol–water partition coefficient (Wildman–Crippen LogP) is 3.72. The van der Waals surface area contributed by atoms with Gasteiger partial charge >= 0.3 is 0 Å². The number of hydrogen-bond donors (Lipinski definition) is 2. The molecule has 1 fully saturated rings. The fourth-order valence-electron chi connectivity index (χ4n) is 2.65. The Morgan fingerprint density at radius 2 is 2.18 bits per heavy atom. The van der Waals surface area contributed by atoms with E-state index in [1.54, 1.807) is 11.3 Å². The van der Waals surface area contributed by atoms with E-state index in [1.165, 1.54) is 30.6 Å². The average Bonchev–Trinajstić information content (AvgIpc) is 2.82. The molecule has 0 aliphatic heterocycles. The van der Waals surface area contributed by atoms with Gasteiger partial charge in [-0.05, 0) is 39.4 Å². The first-order valence-electron chi connectivity index (χ1n) is 7.55. The van der Waals surface area contributed by atoms with Crippen molar-refractivity contribution >= 4 is 53.0 Å². The predicted molar refractivity (Wildman–Crippen MR) is 110 cm³/mol. The van der Waals surface area contributed by atoms with Crippen LogP contribution in [0.15, 0.2) is 4.99 Å². The summed E-state index contributed by atoms with van der Waals surface area (Å²) in [4.78, 5) is 10.2. The van der Waals surface area contributed by atoms with Gasteiger partial charge in [-0.1, -0.05) is 6.42 Å². The Kier molecular flexibility index (Phi) is 9.08. The quantitative estimate of drug-likeness (QED) is 0.414. The Labute approximate surface area is 159 Å². The number of nitrogens with zero attached hydrogens (tertiary/aromatic N) is 2. The first-order chi connectivity index (χ1) is 10.1. The van der Waals surface area contributed by atoms with Crippen LogP contribution >= 0.6 is 47.1 Å². The molecule has 2 N–H and O–H groups in total. The number of thiazole rings is 1. The highest BCUT2D eigenvalue weighted by atomic mass is 127. The molecule has 1 saturated carbocycles. The first kappa shape index (κ1) is 20.0. The van der Waals surface area contributed by atoms with Gasteiger partial charge in [0.2, 0.25) is 0 Å². The molecule has 0 amide bonds. The zero-order valence-electron chi connectivity index (χ0n) is 13.8. The van der Waals surface area contributed by atoms with Gasteiger partial charge in [0.25, 0.3) is 0 Å². The van der Waals surface area contributed by atoms with Crippen LogP contribution in [0.25, 0.3) is 0 Å². The lowest BCUT2D eigenvalue weighted by atomic mass is 9.95. The van der Waals surface area contributed by atoms with Gasteiger partial charge in [-0.25, -0.2) is 4.98 Å². The second kappa shape index (κ2) is 9.97. The molecule has 1 aromatic rings. The van der Waals surface area contributed by atoms with Gasteiger partial charge < -0.3 is 10.6 Å². The summed E-state index contributed by atoms with van der Waals surface area (Å²) >= 11 is 3.75. The van der Waals surface area contributed by atoms with Crippen LogP contribution in [0.5, 0.6) is 0 Å². The van der Waals surface area contributed by atoms with E-state index in [0.29, 0.717) is 6.04 Å². The van der Waals surface area contributed by atoms with E-state index in [9.17, 15) is 0 Å². The van der Waals surface area contributed by atoms with Crippen LogP contribution in [0.3, 0.4) is 0 Å². The maximum atomic E-state index is 4.56. The molecule has 4 nitrogen and oxygen atoms in total. The molecule has 1 aromatic heterocycles. The highest BCUT2D eigenvalue weighted by Crippen LogP contribution is 2.26. The number of hydrogen-bond acceptors (Lipinski definition) is 4. The molecule has 1 heterocycles. The largest absolute Gasteiger partial charge is 0.354 e. The lowest BCUT2D eigenvalue weighted by molar-refractivity contribution is 0.419. The molecule has 1 aliphatic carbocycles. The Hall–Kier alpha value is -0.0200. The van der Waals surface area contributed by atoms with Crippen molar-refractivity contribution in [3.8, 4) is 0 Å². The fraction of sp³-hybridized carbons (Fsp3) is 0.733. The minimum atomic E-state index is 0. The summed E-state index contributed by atoms with van der Waals surface area (Å²) in [6, 6.07) is 0.544. The number of aliphatic imine (C=N–C) groups is 1. The molecule has 7 heteroatoms. The number of aryl methyl sites for hydroxylation is 2. The van der Waals surface area contributed by atoms with E-state index in [-0.39, 0.29) is 24.0 Å². The van der Waals surface area contributed by atoms with Gasteiger partial charge in [0, 0.05) is 23.2 Å². The molecular weight excluding hydrogens is 427 g/mol. The molecule has 0 radical (unpaired) electrons. The van der Waals surface area contributed by atoms with E-state index in [2.05, 4.69) is 40.7 Å². The van der Waals surface area contributed by atoms with Gasteiger partial charge in [-0.15, -0.1) is 35.3 Å². The Balaban J connectivity index is 0.00000242. The minimum Gasteiger partial charge on any atom is -0.354 e. The van der Waals surface area contributed by atoms with Crippen LogP contribution in [-0.4, -0.2) is 35.5 Å². The molecule has 2 unspecified atom stereocenters. The topological polar surface area (TPSA) is 49.3 Å². The summed E-state index contributed by atoms with van der Waals surface area (Å²) in [7, 11) is 1.84. The van der Waals surface area contributed by atoms with E-state index < -0.39 is 0 Å². The summed E-state index contributed by atoms with van der Waals surface area (Å²) in [5.41, 5.74) is 1.13. The van der Waals surface area contributed by atoms with Crippen LogP contribution in [0.2, 0.25) is 0 Å². The molecule has 22 heavy (non-hydrogen) atoms. The van der Waals surface area contributed by atoms with Gasteiger partial charge in [0.1, 0.15) is 5.01 Å². The first-order valence-corrected chi connectivity index (χ1v) is 9.65. The van der Waals surface area contributed by atoms with Gasteiger partial charge in [-0.3, -0.25) is 4.99 Å². The molecule has 1 aliphatic rings. The van der Waals surface area contributed by atoms with E-state index in [1.807, 2.05) is 18.8 Å². The summed E-state index contributed by atoms with van der Waals surface area (Å²) in [5, 5.41) is 8.86. The van der Waals surface area contributed by atoms with Crippen LogP contribution in [0.1, 0.15) is 41.3 Å². The summed E-state index contributed by atoms with van der Waals surface area (Å²) in [5.74, 6) is 0.896. The maximum Gasteiger partial charge on any atom is 0.191 e. The van der Waals surface area contributed by atoms with Crippen molar-refractivity contribution in [2.24, 2.45) is 4.99 Å². The number of aromatic nitrogens is 1. The average molecular weight is 454 g/mol. The monoisotopic (exact) mass is 454 g/mol. The highest BCUT2D eigenvalue weighted by molar-refractivity contribution is 14.0. The number of guanidine groups is 1. The van der Waals surface area contributed by atoms with E-state index in [0.717, 1.165) is 28.5 Å². The Bertz CT molecular complexity index is 470. The number of thioether (sulfide) groups is 1. The van der Waals surface area contributed by atoms with Crippen molar-refractivity contribution in [2.45, 2.75) is 57.4 Å². The van der Waals surface area contributed by atoms with Crippen molar-refractivity contribution in [1.29, 1.82) is 0 Å². The van der Waals surface area contributed by atoms with E-state index in [4.69, 9.17) is 0 Å². The molecule has 0 bridgehead atoms. The normalized spacial score (nSPS) is 22.1. The van der Waals surface area contributed by atoms with Crippen molar-refractivity contribution < 1.29 is 0 Å². The third-order valence-corrected chi connectivity index (χ3v) is 6.17. The minimum absolute atomic E-state index is 0. The van der Waals surface area contributed by atoms with Crippen LogP contribution in [-0.2, 0) is 6.54 Å². The molecule has 126 valence electrons. The van der Waals surface area contributed by atoms with E-state index >= 15 is 0 Å². The van der Waals surface area contributed by atoms with Crippen molar-refractivity contribution in [1.82, 2.24) is 15.6 Å². The molecule has 2 rings (SSSR count). The van der Waals surface area contributed by atoms with Gasteiger partial charge in [0.05, 0.1) is 12.2 Å². The SMILES string of the molecule is CN=C(NCc1nc(C)c(C)s1)NC1CCCC(SC)C1.I. The molecule has 0 saturated heterocycles. The summed E-state index contributed by atoms with van der Waals surface area (Å²) in [6.07, 6.45) is 7.35. The van der Waals surface area contributed by atoms with Crippen molar-refractivity contribution in [3.63, 3.8) is 0 Å². The molecule has 0 spiro atoms.